The number of rotatable bonds is 4. The van der Waals surface area contributed by atoms with Crippen LogP contribution in [0.3, 0.4) is 0 Å². The van der Waals surface area contributed by atoms with Crippen LogP contribution in [0.4, 0.5) is 5.69 Å². The molecular formula is C14H17I2N3O2. The lowest BCUT2D eigenvalue weighted by Crippen LogP contribution is -2.50. The van der Waals surface area contributed by atoms with Crippen LogP contribution >= 0.6 is 45.5 Å². The van der Waals surface area contributed by atoms with Gasteiger partial charge < -0.3 is 5.32 Å². The van der Waals surface area contributed by atoms with Crippen molar-refractivity contribution < 1.29 is 9.59 Å². The van der Waals surface area contributed by atoms with E-state index >= 15 is 0 Å². The molecule has 7 heteroatoms. The second-order valence-electron chi connectivity index (χ2n) is 4.91. The fourth-order valence-electron chi connectivity index (χ4n) is 2.23. The lowest BCUT2D eigenvalue weighted by Gasteiger charge is -2.21. The molecule has 2 unspecified atom stereocenters. The molecule has 2 rings (SSSR count). The number of benzene rings is 1. The summed E-state index contributed by atoms with van der Waals surface area (Å²) in [6.07, 6.45) is 1.40. The Morgan fingerprint density at radius 1 is 1.48 bits per heavy atom. The maximum Gasteiger partial charge on any atom is 0.258 e. The molecular weight excluding hydrogens is 496 g/mol. The van der Waals surface area contributed by atoms with Gasteiger partial charge in [-0.3, -0.25) is 18.0 Å². The number of fused-ring (bicyclic) bond motifs is 1. The summed E-state index contributed by atoms with van der Waals surface area (Å²) >= 11 is 4.16. The van der Waals surface area contributed by atoms with Gasteiger partial charge in [0.2, 0.25) is 5.91 Å². The van der Waals surface area contributed by atoms with Gasteiger partial charge in [0.25, 0.3) is 5.91 Å². The zero-order valence-electron chi connectivity index (χ0n) is 11.6. The maximum atomic E-state index is 12.5. The first-order chi connectivity index (χ1) is 10.0. The molecule has 0 aliphatic carbocycles. The minimum Gasteiger partial charge on any atom is -0.343 e. The van der Waals surface area contributed by atoms with E-state index in [-0.39, 0.29) is 17.9 Å². The van der Waals surface area contributed by atoms with E-state index in [1.54, 1.807) is 10.0 Å². The number of carbonyl (C=O) groups excluding carboxylic acids is 2. The second-order valence-corrected chi connectivity index (χ2v) is 6.63. The zero-order chi connectivity index (χ0) is 15.4. The highest BCUT2D eigenvalue weighted by Gasteiger charge is 2.30. The number of halogens is 2. The lowest BCUT2D eigenvalue weighted by atomic mass is 10.1. The summed E-state index contributed by atoms with van der Waals surface area (Å²) in [7, 11) is 0. The molecule has 1 aliphatic heterocycles. The molecule has 0 fully saturated rings. The molecule has 2 N–H and O–H groups in total. The molecule has 2 atom stereocenters. The van der Waals surface area contributed by atoms with E-state index in [2.05, 4.69) is 33.2 Å². The lowest BCUT2D eigenvalue weighted by molar-refractivity contribution is -0.127. The van der Waals surface area contributed by atoms with Crippen LogP contribution in [0.2, 0.25) is 0 Å². The van der Waals surface area contributed by atoms with Crippen LogP contribution in [-0.2, 0) is 16.0 Å². The molecule has 0 bridgehead atoms. The fraction of sp³-hybridized carbons (Fsp3) is 0.429. The summed E-state index contributed by atoms with van der Waals surface area (Å²) in [5.74, 6) is -0.212. The molecule has 5 nitrogen and oxygen atoms in total. The molecule has 114 valence electrons. The molecule has 0 saturated heterocycles. The van der Waals surface area contributed by atoms with Gasteiger partial charge >= 0.3 is 0 Å². The summed E-state index contributed by atoms with van der Waals surface area (Å²) in [6.45, 7) is 1.80. The molecule has 1 aromatic rings. The number of anilines is 1. The minimum absolute atomic E-state index is 0.0735. The monoisotopic (exact) mass is 513 g/mol. The number of para-hydroxylation sites is 1. The van der Waals surface area contributed by atoms with Gasteiger partial charge in [0, 0.05) is 4.55 Å². The zero-order valence-corrected chi connectivity index (χ0v) is 15.9. The average Bonchev–Trinajstić information content (AvgIpc) is 2.60. The highest BCUT2D eigenvalue weighted by atomic mass is 127. The van der Waals surface area contributed by atoms with Gasteiger partial charge in [-0.25, -0.2) is 0 Å². The van der Waals surface area contributed by atoms with Crippen molar-refractivity contribution in [3.8, 4) is 0 Å². The first kappa shape index (κ1) is 16.9. The van der Waals surface area contributed by atoms with E-state index in [9.17, 15) is 9.59 Å². The van der Waals surface area contributed by atoms with Gasteiger partial charge in [-0.1, -0.05) is 40.8 Å². The van der Waals surface area contributed by atoms with E-state index in [0.717, 1.165) is 17.7 Å². The van der Waals surface area contributed by atoms with E-state index < -0.39 is 6.04 Å². The molecule has 0 spiro atoms. The van der Waals surface area contributed by atoms with E-state index in [4.69, 9.17) is 0 Å². The van der Waals surface area contributed by atoms with Crippen LogP contribution in [0, 0.1) is 0 Å². The quantitative estimate of drug-likeness (QED) is 0.281. The highest BCUT2D eigenvalue weighted by Crippen LogP contribution is 2.29. The smallest absolute Gasteiger partial charge is 0.258 e. The van der Waals surface area contributed by atoms with Crippen molar-refractivity contribution in [2.24, 2.45) is 0 Å². The molecule has 1 aliphatic rings. The van der Waals surface area contributed by atoms with Crippen molar-refractivity contribution in [3.05, 3.63) is 29.8 Å². The Hall–Kier alpha value is -0.420. The normalized spacial score (nSPS) is 19.7. The second kappa shape index (κ2) is 7.73. The molecule has 21 heavy (non-hydrogen) atoms. The van der Waals surface area contributed by atoms with E-state index in [1.807, 2.05) is 47.1 Å². The highest BCUT2D eigenvalue weighted by molar-refractivity contribution is 14.1. The molecule has 0 radical (unpaired) electrons. The van der Waals surface area contributed by atoms with Crippen molar-refractivity contribution >= 4 is 63.0 Å². The largest absolute Gasteiger partial charge is 0.343 e. The molecule has 1 heterocycles. The Bertz CT molecular complexity index is 539. The number of aryl methyl sites for hydroxylation is 1. The average molecular weight is 513 g/mol. The van der Waals surface area contributed by atoms with Crippen LogP contribution in [0.1, 0.15) is 18.9 Å². The van der Waals surface area contributed by atoms with Gasteiger partial charge in [0.15, 0.2) is 0 Å². The van der Waals surface area contributed by atoms with Gasteiger partial charge in [0.1, 0.15) is 6.04 Å². The summed E-state index contributed by atoms with van der Waals surface area (Å²) < 4.78 is 2.30. The van der Waals surface area contributed by atoms with Gasteiger partial charge in [-0.05, 0) is 31.4 Å². The summed E-state index contributed by atoms with van der Waals surface area (Å²) in [4.78, 5) is 24.6. The first-order valence-electron chi connectivity index (χ1n) is 6.72. The first-order valence-corrected chi connectivity index (χ1v) is 9.21. The molecule has 1 aromatic carbocycles. The Kier molecular flexibility index (Phi) is 6.23. The molecule has 0 saturated carbocycles. The van der Waals surface area contributed by atoms with E-state index in [1.165, 1.54) is 0 Å². The fourth-order valence-corrected chi connectivity index (χ4v) is 3.70. The van der Waals surface area contributed by atoms with E-state index in [0.29, 0.717) is 11.0 Å². The van der Waals surface area contributed by atoms with Crippen molar-refractivity contribution in [2.75, 3.05) is 7.66 Å². The third-order valence-electron chi connectivity index (χ3n) is 3.49. The third-order valence-corrected chi connectivity index (χ3v) is 4.93. The molecule has 2 amide bonds. The van der Waals surface area contributed by atoms with Crippen LogP contribution in [0.5, 0.6) is 0 Å². The van der Waals surface area contributed by atoms with Crippen LogP contribution < -0.4 is 13.7 Å². The Morgan fingerprint density at radius 2 is 2.19 bits per heavy atom. The Balaban J connectivity index is 2.11. The van der Waals surface area contributed by atoms with Crippen molar-refractivity contribution in [1.82, 2.24) is 10.6 Å². The number of amides is 2. The maximum absolute atomic E-state index is 12.5. The Morgan fingerprint density at radius 3 is 2.90 bits per heavy atom. The van der Waals surface area contributed by atoms with Crippen LogP contribution in [0.25, 0.3) is 0 Å². The van der Waals surface area contributed by atoms with Crippen molar-refractivity contribution in [3.63, 3.8) is 0 Å². The van der Waals surface area contributed by atoms with Gasteiger partial charge in [-0.15, -0.1) is 0 Å². The minimum atomic E-state index is -0.472. The number of nitrogens with zero attached hydrogens (tertiary/aromatic N) is 1. The van der Waals surface area contributed by atoms with Gasteiger partial charge in [0.05, 0.1) is 34.6 Å². The van der Waals surface area contributed by atoms with Crippen molar-refractivity contribution in [2.45, 2.75) is 31.8 Å². The summed E-state index contributed by atoms with van der Waals surface area (Å²) in [6, 6.07) is 7.08. The Labute approximate surface area is 151 Å². The van der Waals surface area contributed by atoms with Crippen LogP contribution in [-0.4, -0.2) is 28.4 Å². The summed E-state index contributed by atoms with van der Waals surface area (Å²) in [5.41, 5.74) is 2.05. The van der Waals surface area contributed by atoms with Gasteiger partial charge in [-0.2, -0.15) is 0 Å². The standard InChI is InChI=1S/C14H17I2N3O2/c1-9(17-8-15)13(20)18-11-7-6-10-4-2-3-5-12(10)19(16)14(11)21/h2-5,9,11,17H,6-8H2,1H3,(H,18,20). The number of hydrogen-bond donors (Lipinski definition) is 2. The topological polar surface area (TPSA) is 61.4 Å². The third kappa shape index (κ3) is 4.07. The SMILES string of the molecule is CC(NCI)C(=O)NC1CCc2ccccc2N(I)C1=O. The van der Waals surface area contributed by atoms with Crippen molar-refractivity contribution in [1.29, 1.82) is 0 Å². The number of hydrogen-bond acceptors (Lipinski definition) is 3. The van der Waals surface area contributed by atoms with Crippen LogP contribution in [0.15, 0.2) is 24.3 Å². The molecule has 0 aromatic heterocycles. The number of nitrogens with one attached hydrogen (secondary N) is 2. The predicted molar refractivity (Wildman–Crippen MR) is 99.7 cm³/mol. The predicted octanol–water partition coefficient (Wildman–Crippen LogP) is 2.17. The number of carbonyl (C=O) groups is 2. The number of alkyl halides is 1. The summed E-state index contributed by atoms with van der Waals surface area (Å²) in [5, 5.41) is 5.90.